The van der Waals surface area contributed by atoms with Gasteiger partial charge in [0.15, 0.2) is 12.2 Å². The van der Waals surface area contributed by atoms with Gasteiger partial charge in [0.25, 0.3) is 0 Å². The Morgan fingerprint density at radius 1 is 0.293 bits per heavy atom. The molecule has 92 heavy (non-hydrogen) atoms. The van der Waals surface area contributed by atoms with Gasteiger partial charge in [0, 0.05) is 25.7 Å². The summed E-state index contributed by atoms with van der Waals surface area (Å²) in [6, 6.07) is 0. The van der Waals surface area contributed by atoms with Crippen molar-refractivity contribution in [2.75, 3.05) is 39.6 Å². The van der Waals surface area contributed by atoms with Gasteiger partial charge in [-0.3, -0.25) is 37.3 Å². The molecule has 0 aliphatic rings. The second-order valence-electron chi connectivity index (χ2n) is 26.8. The average Bonchev–Trinajstić information content (AvgIpc) is 1.77. The third-order valence-corrected chi connectivity index (χ3v) is 18.9. The Labute approximate surface area is 562 Å². The maximum Gasteiger partial charge on any atom is 0.472 e. The summed E-state index contributed by atoms with van der Waals surface area (Å²) >= 11 is 0. The van der Waals surface area contributed by atoms with Crippen molar-refractivity contribution in [3.63, 3.8) is 0 Å². The van der Waals surface area contributed by atoms with Gasteiger partial charge in [-0.1, -0.05) is 330 Å². The number of unbranched alkanes of at least 4 members (excludes halogenated alkanes) is 45. The molecule has 17 nitrogen and oxygen atoms in total. The van der Waals surface area contributed by atoms with Crippen LogP contribution in [0.2, 0.25) is 0 Å². The maximum atomic E-state index is 13.1. The first-order chi connectivity index (χ1) is 44.5. The van der Waals surface area contributed by atoms with Crippen molar-refractivity contribution >= 4 is 39.5 Å². The number of phosphoric ester groups is 2. The highest BCUT2D eigenvalue weighted by atomic mass is 31.2. The zero-order chi connectivity index (χ0) is 67.7. The Bertz CT molecular complexity index is 1770. The minimum atomic E-state index is -4.95. The van der Waals surface area contributed by atoms with Crippen LogP contribution in [0.1, 0.15) is 381 Å². The summed E-state index contributed by atoms with van der Waals surface area (Å²) in [7, 11) is -9.90. The molecule has 0 bridgehead atoms. The summed E-state index contributed by atoms with van der Waals surface area (Å²) < 4.78 is 68.4. The number of aliphatic hydroxyl groups excluding tert-OH is 1. The van der Waals surface area contributed by atoms with E-state index in [1.54, 1.807) is 0 Å². The largest absolute Gasteiger partial charge is 0.472 e. The van der Waals surface area contributed by atoms with E-state index in [2.05, 4.69) is 34.6 Å². The minimum Gasteiger partial charge on any atom is -0.462 e. The molecule has 0 aromatic heterocycles. The number of hydrogen-bond acceptors (Lipinski definition) is 15. The van der Waals surface area contributed by atoms with Crippen LogP contribution in [-0.2, 0) is 65.4 Å². The molecule has 19 heteroatoms. The van der Waals surface area contributed by atoms with Crippen LogP contribution in [0.3, 0.4) is 0 Å². The first-order valence-electron chi connectivity index (χ1n) is 38.1. The molecule has 0 fully saturated rings. The van der Waals surface area contributed by atoms with Crippen molar-refractivity contribution in [2.45, 2.75) is 400 Å². The SMILES string of the molecule is CCCCCCCCCCCCCCCCCCCC(=O)O[C@H](COC(=O)CCCCCCCCCCCCCC(C)C)COP(=O)(O)OC[C@@H](O)COP(=O)(O)OC[C@@H](COC(=O)CCCCCCCCCCCC)OC(=O)CCCCCCCCCCCCC. The quantitative estimate of drug-likeness (QED) is 0.0222. The van der Waals surface area contributed by atoms with Gasteiger partial charge in [0.2, 0.25) is 0 Å². The second kappa shape index (κ2) is 66.3. The number of esters is 4. The highest BCUT2D eigenvalue weighted by molar-refractivity contribution is 7.47. The molecule has 5 atom stereocenters. The van der Waals surface area contributed by atoms with Crippen LogP contribution in [0.5, 0.6) is 0 Å². The lowest BCUT2D eigenvalue weighted by Gasteiger charge is -2.21. The normalized spacial score (nSPS) is 14.0. The lowest BCUT2D eigenvalue weighted by Crippen LogP contribution is -2.30. The number of phosphoric acid groups is 2. The van der Waals surface area contributed by atoms with Gasteiger partial charge < -0.3 is 33.8 Å². The molecular formula is C73H142O17P2. The third-order valence-electron chi connectivity index (χ3n) is 17.0. The van der Waals surface area contributed by atoms with Gasteiger partial charge in [-0.15, -0.1) is 0 Å². The van der Waals surface area contributed by atoms with E-state index in [0.717, 1.165) is 95.8 Å². The Kier molecular flexibility index (Phi) is 64.9. The zero-order valence-corrected chi connectivity index (χ0v) is 61.5. The molecule has 0 aromatic carbocycles. The molecule has 0 radical (unpaired) electrons. The third kappa shape index (κ3) is 66.7. The van der Waals surface area contributed by atoms with E-state index >= 15 is 0 Å². The number of hydrogen-bond donors (Lipinski definition) is 3. The Morgan fingerprint density at radius 2 is 0.500 bits per heavy atom. The molecular weight excluding hydrogens is 1210 g/mol. The average molecular weight is 1350 g/mol. The fourth-order valence-electron chi connectivity index (χ4n) is 11.2. The molecule has 0 aromatic rings. The summed E-state index contributed by atoms with van der Waals surface area (Å²) in [5.41, 5.74) is 0. The van der Waals surface area contributed by atoms with Crippen LogP contribution in [0, 0.1) is 5.92 Å². The lowest BCUT2D eigenvalue weighted by atomic mass is 10.0. The molecule has 546 valence electrons. The zero-order valence-electron chi connectivity index (χ0n) is 59.7. The second-order valence-corrected chi connectivity index (χ2v) is 29.7. The summed E-state index contributed by atoms with van der Waals surface area (Å²) in [6.45, 7) is 7.27. The van der Waals surface area contributed by atoms with Crippen molar-refractivity contribution in [2.24, 2.45) is 5.92 Å². The van der Waals surface area contributed by atoms with Crippen molar-refractivity contribution in [1.82, 2.24) is 0 Å². The van der Waals surface area contributed by atoms with Crippen LogP contribution in [0.25, 0.3) is 0 Å². The molecule has 0 rings (SSSR count). The number of carbonyl (C=O) groups is 4. The Hall–Kier alpha value is -1.94. The predicted octanol–water partition coefficient (Wildman–Crippen LogP) is 21.3. The molecule has 0 saturated heterocycles. The smallest absolute Gasteiger partial charge is 0.462 e. The highest BCUT2D eigenvalue weighted by Crippen LogP contribution is 2.45. The molecule has 0 aliphatic carbocycles. The summed E-state index contributed by atoms with van der Waals surface area (Å²) in [5.74, 6) is -1.35. The summed E-state index contributed by atoms with van der Waals surface area (Å²) in [5, 5.41) is 10.6. The minimum absolute atomic E-state index is 0.107. The fourth-order valence-corrected chi connectivity index (χ4v) is 12.8. The van der Waals surface area contributed by atoms with Crippen molar-refractivity contribution < 1.29 is 80.2 Å². The molecule has 0 saturated carbocycles. The predicted molar refractivity (Wildman–Crippen MR) is 372 cm³/mol. The van der Waals surface area contributed by atoms with Crippen LogP contribution in [0.4, 0.5) is 0 Å². The first-order valence-corrected chi connectivity index (χ1v) is 41.1. The Morgan fingerprint density at radius 3 is 0.739 bits per heavy atom. The van der Waals surface area contributed by atoms with Gasteiger partial charge in [0.1, 0.15) is 19.3 Å². The first kappa shape index (κ1) is 90.1. The van der Waals surface area contributed by atoms with E-state index in [9.17, 15) is 43.2 Å². The van der Waals surface area contributed by atoms with Crippen LogP contribution >= 0.6 is 15.6 Å². The van der Waals surface area contributed by atoms with Crippen molar-refractivity contribution in [3.8, 4) is 0 Å². The van der Waals surface area contributed by atoms with Gasteiger partial charge in [-0.05, 0) is 31.6 Å². The molecule has 0 spiro atoms. The topological polar surface area (TPSA) is 237 Å². The maximum absolute atomic E-state index is 13.1. The van der Waals surface area contributed by atoms with E-state index in [1.165, 1.54) is 205 Å². The molecule has 2 unspecified atom stereocenters. The van der Waals surface area contributed by atoms with Crippen molar-refractivity contribution in [1.29, 1.82) is 0 Å². The molecule has 0 heterocycles. The number of ether oxygens (including phenoxy) is 4. The van der Waals surface area contributed by atoms with Gasteiger partial charge in [0.05, 0.1) is 26.4 Å². The molecule has 0 amide bonds. The number of aliphatic hydroxyl groups is 1. The molecule has 0 aliphatic heterocycles. The van der Waals surface area contributed by atoms with E-state index in [0.29, 0.717) is 25.7 Å². The van der Waals surface area contributed by atoms with Crippen LogP contribution in [0.15, 0.2) is 0 Å². The molecule has 3 N–H and O–H groups in total. The summed E-state index contributed by atoms with van der Waals surface area (Å²) in [4.78, 5) is 72.6. The van der Waals surface area contributed by atoms with E-state index in [4.69, 9.17) is 37.0 Å². The highest BCUT2D eigenvalue weighted by Gasteiger charge is 2.30. The fraction of sp³-hybridized carbons (Fsp3) is 0.945. The van der Waals surface area contributed by atoms with Crippen LogP contribution in [-0.4, -0.2) is 96.7 Å². The van der Waals surface area contributed by atoms with Gasteiger partial charge in [-0.2, -0.15) is 0 Å². The van der Waals surface area contributed by atoms with E-state index in [1.807, 2.05) is 0 Å². The monoisotopic (exact) mass is 1350 g/mol. The lowest BCUT2D eigenvalue weighted by molar-refractivity contribution is -0.161. The van der Waals surface area contributed by atoms with Crippen molar-refractivity contribution in [3.05, 3.63) is 0 Å². The summed E-state index contributed by atoms with van der Waals surface area (Å²) in [6.07, 6.45) is 54.0. The van der Waals surface area contributed by atoms with E-state index in [-0.39, 0.29) is 25.7 Å². The standard InChI is InChI=1S/C73H142O17P2/c1-6-9-12-15-18-21-24-25-26-27-28-29-33-39-44-49-54-59-73(78)90-69(63-84-71(76)57-52-47-42-37-34-30-32-35-40-45-50-55-66(4)5)65-88-92(81,82)86-61-67(74)60-85-91(79,80)87-64-68(62-83-70(75)56-51-46-41-36-23-20-17-14-11-8-3)89-72(77)58-53-48-43-38-31-22-19-16-13-10-7-2/h66-69,74H,6-65H2,1-5H3,(H,79,80)(H,81,82)/t67-,68+,69+/m0/s1. The number of carbonyl (C=O) groups excluding carboxylic acids is 4. The van der Waals surface area contributed by atoms with Gasteiger partial charge >= 0.3 is 39.5 Å². The number of rotatable bonds is 73. The Balaban J connectivity index is 5.23. The van der Waals surface area contributed by atoms with Crippen LogP contribution < -0.4 is 0 Å². The van der Waals surface area contributed by atoms with E-state index < -0.39 is 97.5 Å². The van der Waals surface area contributed by atoms with Gasteiger partial charge in [-0.25, -0.2) is 9.13 Å².